The molecule has 2 atom stereocenters. The maximum absolute atomic E-state index is 3.27. The van der Waals surface area contributed by atoms with Gasteiger partial charge in [0.1, 0.15) is 0 Å². The zero-order valence-corrected chi connectivity index (χ0v) is 13.5. The summed E-state index contributed by atoms with van der Waals surface area (Å²) < 4.78 is 0. The van der Waals surface area contributed by atoms with E-state index in [1.165, 1.54) is 44.2 Å². The molecule has 0 aromatic heterocycles. The van der Waals surface area contributed by atoms with Gasteiger partial charge in [-0.15, -0.1) is 0 Å². The minimum absolute atomic E-state index is 0.636. The smallest absolute Gasteiger partial charge is 0.0351 e. The van der Waals surface area contributed by atoms with Crippen molar-refractivity contribution >= 4 is 0 Å². The molecule has 0 spiro atoms. The largest absolute Gasteiger partial charge is 0.293 e. The minimum Gasteiger partial charge on any atom is -0.293 e. The summed E-state index contributed by atoms with van der Waals surface area (Å²) in [6.45, 7) is 1.28. The first-order valence-corrected chi connectivity index (χ1v) is 8.83. The molecule has 2 aromatic rings. The quantitative estimate of drug-likeness (QED) is 0.685. The van der Waals surface area contributed by atoms with Crippen LogP contribution in [0.5, 0.6) is 0 Å². The fourth-order valence-corrected chi connectivity index (χ4v) is 4.07. The van der Waals surface area contributed by atoms with Crippen LogP contribution in [0.3, 0.4) is 0 Å². The Morgan fingerprint density at radius 3 is 2.26 bits per heavy atom. The first-order valence-electron chi connectivity index (χ1n) is 8.83. The van der Waals surface area contributed by atoms with Gasteiger partial charge in [-0.05, 0) is 62.1 Å². The van der Waals surface area contributed by atoms with Gasteiger partial charge in [-0.25, -0.2) is 0 Å². The number of hydrogen-bond acceptors (Lipinski definition) is 1. The van der Waals surface area contributed by atoms with Crippen molar-refractivity contribution in [2.75, 3.05) is 6.54 Å². The van der Waals surface area contributed by atoms with Crippen molar-refractivity contribution in [2.45, 2.75) is 44.2 Å². The van der Waals surface area contributed by atoms with Crippen molar-refractivity contribution in [3.63, 3.8) is 0 Å². The van der Waals surface area contributed by atoms with Gasteiger partial charge < -0.3 is 0 Å². The Morgan fingerprint density at radius 2 is 1.48 bits per heavy atom. The molecule has 23 heavy (non-hydrogen) atoms. The standard InChI is InChI=1S/C22H23N/c1-2-6-18(7-3-1)9-10-19-11-13-20(14-12-19)22-16-15-21-8-4-5-17-23(21)22/h1-3,6-7,11-14,21-22H,4-5,8,15-17H2/t21-,22-/m1/s1. The van der Waals surface area contributed by atoms with Crippen LogP contribution in [0.4, 0.5) is 0 Å². The van der Waals surface area contributed by atoms with E-state index in [-0.39, 0.29) is 0 Å². The van der Waals surface area contributed by atoms with Crippen LogP contribution in [-0.4, -0.2) is 17.5 Å². The Morgan fingerprint density at radius 1 is 0.739 bits per heavy atom. The van der Waals surface area contributed by atoms with Crippen molar-refractivity contribution < 1.29 is 0 Å². The van der Waals surface area contributed by atoms with E-state index in [1.807, 2.05) is 18.2 Å². The molecular weight excluding hydrogens is 278 g/mol. The van der Waals surface area contributed by atoms with Gasteiger partial charge in [0.25, 0.3) is 0 Å². The third kappa shape index (κ3) is 3.19. The van der Waals surface area contributed by atoms with E-state index in [0.29, 0.717) is 6.04 Å². The number of benzene rings is 2. The van der Waals surface area contributed by atoms with Crippen LogP contribution < -0.4 is 0 Å². The Kier molecular flexibility index (Phi) is 4.18. The molecule has 0 unspecified atom stereocenters. The van der Waals surface area contributed by atoms with Gasteiger partial charge in [-0.3, -0.25) is 4.90 Å². The molecule has 1 nitrogen and oxygen atoms in total. The second-order valence-corrected chi connectivity index (χ2v) is 6.72. The fraction of sp³-hybridized carbons (Fsp3) is 0.364. The molecule has 2 aliphatic rings. The highest BCUT2D eigenvalue weighted by Crippen LogP contribution is 2.40. The normalized spacial score (nSPS) is 23.8. The van der Waals surface area contributed by atoms with Crippen molar-refractivity contribution in [1.29, 1.82) is 0 Å². The molecule has 2 saturated heterocycles. The van der Waals surface area contributed by atoms with Crippen LogP contribution in [0, 0.1) is 11.8 Å². The average molecular weight is 301 g/mol. The number of hydrogen-bond donors (Lipinski definition) is 0. The van der Waals surface area contributed by atoms with Crippen LogP contribution in [0.2, 0.25) is 0 Å². The molecule has 0 N–H and O–H groups in total. The summed E-state index contributed by atoms with van der Waals surface area (Å²) in [6, 6.07) is 20.6. The average Bonchev–Trinajstić information content (AvgIpc) is 3.05. The summed E-state index contributed by atoms with van der Waals surface area (Å²) in [5, 5.41) is 0. The van der Waals surface area contributed by atoms with Gasteiger partial charge in [-0.2, -0.15) is 0 Å². The minimum atomic E-state index is 0.636. The van der Waals surface area contributed by atoms with Gasteiger partial charge in [0.15, 0.2) is 0 Å². The summed E-state index contributed by atoms with van der Waals surface area (Å²) in [4.78, 5) is 2.74. The van der Waals surface area contributed by atoms with E-state index >= 15 is 0 Å². The fourth-order valence-electron chi connectivity index (χ4n) is 4.07. The summed E-state index contributed by atoms with van der Waals surface area (Å²) in [7, 11) is 0. The topological polar surface area (TPSA) is 3.24 Å². The van der Waals surface area contributed by atoms with Crippen LogP contribution in [0.15, 0.2) is 54.6 Å². The first kappa shape index (κ1) is 14.5. The van der Waals surface area contributed by atoms with Gasteiger partial charge in [0, 0.05) is 23.2 Å². The van der Waals surface area contributed by atoms with E-state index in [9.17, 15) is 0 Å². The lowest BCUT2D eigenvalue weighted by Gasteiger charge is -2.34. The zero-order chi connectivity index (χ0) is 15.5. The number of fused-ring (bicyclic) bond motifs is 1. The Balaban J connectivity index is 1.49. The Bertz CT molecular complexity index is 705. The SMILES string of the molecule is C(#Cc1ccc([C@H]2CC[C@H]3CCCCN32)cc1)c1ccccc1. The van der Waals surface area contributed by atoms with Crippen molar-refractivity contribution in [1.82, 2.24) is 4.90 Å². The van der Waals surface area contributed by atoms with Gasteiger partial charge in [0.05, 0.1) is 0 Å². The predicted octanol–water partition coefficient (Wildman–Crippen LogP) is 4.78. The molecule has 2 heterocycles. The highest BCUT2D eigenvalue weighted by atomic mass is 15.2. The zero-order valence-electron chi connectivity index (χ0n) is 13.5. The van der Waals surface area contributed by atoms with E-state index < -0.39 is 0 Å². The van der Waals surface area contributed by atoms with Crippen LogP contribution in [0.1, 0.15) is 54.8 Å². The molecule has 2 aliphatic heterocycles. The highest BCUT2D eigenvalue weighted by Gasteiger charge is 2.35. The van der Waals surface area contributed by atoms with Gasteiger partial charge in [-0.1, -0.05) is 48.6 Å². The Labute approximate surface area is 139 Å². The molecule has 0 saturated carbocycles. The predicted molar refractivity (Wildman–Crippen MR) is 95.2 cm³/mol. The van der Waals surface area contributed by atoms with Crippen LogP contribution in [0.25, 0.3) is 0 Å². The Hall–Kier alpha value is -2.04. The monoisotopic (exact) mass is 301 g/mol. The van der Waals surface area contributed by atoms with Crippen molar-refractivity contribution in [3.05, 3.63) is 71.3 Å². The summed E-state index contributed by atoms with van der Waals surface area (Å²) >= 11 is 0. The highest BCUT2D eigenvalue weighted by molar-refractivity contribution is 5.43. The maximum atomic E-state index is 3.27. The lowest BCUT2D eigenvalue weighted by Crippen LogP contribution is -2.35. The second-order valence-electron chi connectivity index (χ2n) is 6.72. The summed E-state index contributed by atoms with van der Waals surface area (Å²) in [5.41, 5.74) is 3.65. The lowest BCUT2D eigenvalue weighted by molar-refractivity contribution is 0.150. The molecule has 116 valence electrons. The number of piperidine rings is 1. The molecule has 4 rings (SSSR count). The molecule has 0 bridgehead atoms. The van der Waals surface area contributed by atoms with E-state index in [2.05, 4.69) is 53.1 Å². The first-order chi connectivity index (χ1) is 11.4. The molecule has 2 aromatic carbocycles. The van der Waals surface area contributed by atoms with Gasteiger partial charge in [0.2, 0.25) is 0 Å². The van der Waals surface area contributed by atoms with E-state index in [0.717, 1.165) is 17.2 Å². The summed E-state index contributed by atoms with van der Waals surface area (Å²) in [6.07, 6.45) is 6.88. The maximum Gasteiger partial charge on any atom is 0.0351 e. The molecule has 0 aliphatic carbocycles. The van der Waals surface area contributed by atoms with Gasteiger partial charge >= 0.3 is 0 Å². The summed E-state index contributed by atoms with van der Waals surface area (Å²) in [5.74, 6) is 6.51. The molecule has 1 heteroatoms. The lowest BCUT2D eigenvalue weighted by atomic mass is 10.0. The van der Waals surface area contributed by atoms with Crippen molar-refractivity contribution in [2.24, 2.45) is 0 Å². The van der Waals surface area contributed by atoms with E-state index in [4.69, 9.17) is 0 Å². The second kappa shape index (κ2) is 6.60. The van der Waals surface area contributed by atoms with E-state index in [1.54, 1.807) is 0 Å². The molecule has 0 amide bonds. The third-order valence-electron chi connectivity index (χ3n) is 5.27. The molecular formula is C22H23N. The van der Waals surface area contributed by atoms with Crippen molar-refractivity contribution in [3.8, 4) is 11.8 Å². The molecule has 0 radical (unpaired) electrons. The van der Waals surface area contributed by atoms with Crippen LogP contribution >= 0.6 is 0 Å². The number of nitrogens with zero attached hydrogens (tertiary/aromatic N) is 1. The molecule has 2 fully saturated rings. The third-order valence-corrected chi connectivity index (χ3v) is 5.27. The number of rotatable bonds is 1. The van der Waals surface area contributed by atoms with Crippen LogP contribution in [-0.2, 0) is 0 Å².